The first kappa shape index (κ1) is 16.3. The molecule has 2 aromatic rings. The maximum atomic E-state index is 14.3. The molecule has 2 fully saturated rings. The molecule has 25 heavy (non-hydrogen) atoms. The Morgan fingerprint density at radius 2 is 2.04 bits per heavy atom. The molecule has 0 saturated heterocycles. The van der Waals surface area contributed by atoms with Crippen LogP contribution in [0.3, 0.4) is 0 Å². The van der Waals surface area contributed by atoms with Crippen LogP contribution in [0.15, 0.2) is 36.9 Å². The number of anilines is 1. The Labute approximate surface area is 146 Å². The van der Waals surface area contributed by atoms with Crippen LogP contribution in [0.1, 0.15) is 32.1 Å². The van der Waals surface area contributed by atoms with Gasteiger partial charge in [0, 0.05) is 30.0 Å². The van der Waals surface area contributed by atoms with Crippen LogP contribution < -0.4 is 11.1 Å². The lowest BCUT2D eigenvalue weighted by molar-refractivity contribution is -0.122. The van der Waals surface area contributed by atoms with E-state index in [1.54, 1.807) is 35.4 Å². The van der Waals surface area contributed by atoms with E-state index in [4.69, 9.17) is 5.73 Å². The highest BCUT2D eigenvalue weighted by molar-refractivity contribution is 5.92. The Kier molecular flexibility index (Phi) is 4.29. The fourth-order valence-corrected chi connectivity index (χ4v) is 4.44. The highest BCUT2D eigenvalue weighted by atomic mass is 19.1. The molecule has 6 heteroatoms. The molecule has 4 rings (SSSR count). The van der Waals surface area contributed by atoms with Gasteiger partial charge >= 0.3 is 0 Å². The van der Waals surface area contributed by atoms with Crippen LogP contribution in [0, 0.1) is 23.6 Å². The summed E-state index contributed by atoms with van der Waals surface area (Å²) in [7, 11) is 0. The summed E-state index contributed by atoms with van der Waals surface area (Å²) in [5.41, 5.74) is 7.20. The lowest BCUT2D eigenvalue weighted by atomic mass is 9.65. The van der Waals surface area contributed by atoms with Crippen LogP contribution in [0.25, 0.3) is 5.69 Å². The molecule has 3 N–H and O–H groups in total. The van der Waals surface area contributed by atoms with Gasteiger partial charge < -0.3 is 15.6 Å². The number of carbonyl (C=O) groups excluding carboxylic acids is 1. The summed E-state index contributed by atoms with van der Waals surface area (Å²) in [6.45, 7) is 0. The van der Waals surface area contributed by atoms with E-state index >= 15 is 0 Å². The number of nitrogens with two attached hydrogens (primary N) is 1. The Morgan fingerprint density at radius 1 is 1.28 bits per heavy atom. The molecule has 2 unspecified atom stereocenters. The highest BCUT2D eigenvalue weighted by Gasteiger charge is 2.40. The molecule has 2 aliphatic rings. The molecule has 1 aromatic carbocycles. The minimum Gasteiger partial charge on any atom is -0.327 e. The SMILES string of the molecule is NC1C2CCCC1CC(C(=O)Nc1ccc(-n3ccnc3)c(F)c1)C2. The molecule has 2 saturated carbocycles. The Balaban J connectivity index is 1.45. The zero-order valence-electron chi connectivity index (χ0n) is 14.1. The summed E-state index contributed by atoms with van der Waals surface area (Å²) in [6.07, 6.45) is 9.98. The van der Waals surface area contributed by atoms with Crippen molar-refractivity contribution in [2.75, 3.05) is 5.32 Å². The normalized spacial score (nSPS) is 28.6. The van der Waals surface area contributed by atoms with Crippen LogP contribution in [-0.4, -0.2) is 21.5 Å². The van der Waals surface area contributed by atoms with Gasteiger partial charge in [0.15, 0.2) is 0 Å². The molecule has 2 bridgehead atoms. The molecular formula is C19H23FN4O. The van der Waals surface area contributed by atoms with Crippen LogP contribution >= 0.6 is 0 Å². The smallest absolute Gasteiger partial charge is 0.227 e. The zero-order chi connectivity index (χ0) is 17.4. The van der Waals surface area contributed by atoms with E-state index < -0.39 is 5.82 Å². The van der Waals surface area contributed by atoms with Crippen molar-refractivity contribution < 1.29 is 9.18 Å². The van der Waals surface area contributed by atoms with Gasteiger partial charge in [-0.2, -0.15) is 0 Å². The number of carbonyl (C=O) groups is 1. The minimum absolute atomic E-state index is 0.0152. The van der Waals surface area contributed by atoms with Crippen molar-refractivity contribution >= 4 is 11.6 Å². The Bertz CT molecular complexity index is 747. The van der Waals surface area contributed by atoms with Gasteiger partial charge in [-0.05, 0) is 55.7 Å². The van der Waals surface area contributed by atoms with E-state index in [-0.39, 0.29) is 17.9 Å². The van der Waals surface area contributed by atoms with Crippen molar-refractivity contribution in [2.45, 2.75) is 38.1 Å². The Hall–Kier alpha value is -2.21. The highest BCUT2D eigenvalue weighted by Crippen LogP contribution is 2.42. The summed E-state index contributed by atoms with van der Waals surface area (Å²) in [5.74, 6) is 0.468. The van der Waals surface area contributed by atoms with Gasteiger partial charge in [0.05, 0.1) is 12.0 Å². The van der Waals surface area contributed by atoms with Crippen molar-refractivity contribution in [1.82, 2.24) is 9.55 Å². The number of nitrogens with zero attached hydrogens (tertiary/aromatic N) is 2. The molecule has 132 valence electrons. The van der Waals surface area contributed by atoms with Gasteiger partial charge in [-0.15, -0.1) is 0 Å². The van der Waals surface area contributed by atoms with E-state index in [1.165, 1.54) is 12.5 Å². The largest absolute Gasteiger partial charge is 0.327 e. The molecule has 0 radical (unpaired) electrons. The predicted octanol–water partition coefficient (Wildman–Crippen LogP) is 3.10. The molecule has 1 amide bonds. The van der Waals surface area contributed by atoms with Crippen molar-refractivity contribution in [3.63, 3.8) is 0 Å². The van der Waals surface area contributed by atoms with Crippen LogP contribution in [0.4, 0.5) is 10.1 Å². The average Bonchev–Trinajstić information content (AvgIpc) is 3.08. The maximum Gasteiger partial charge on any atom is 0.227 e. The van der Waals surface area contributed by atoms with Crippen molar-refractivity contribution in [1.29, 1.82) is 0 Å². The third-order valence-corrected chi connectivity index (χ3v) is 5.78. The first-order chi connectivity index (χ1) is 12.1. The number of hydrogen-bond acceptors (Lipinski definition) is 3. The maximum absolute atomic E-state index is 14.3. The first-order valence-electron chi connectivity index (χ1n) is 8.96. The summed E-state index contributed by atoms with van der Waals surface area (Å²) >= 11 is 0. The number of fused-ring (bicyclic) bond motifs is 2. The monoisotopic (exact) mass is 342 g/mol. The topological polar surface area (TPSA) is 72.9 Å². The van der Waals surface area contributed by atoms with Crippen LogP contribution in [-0.2, 0) is 4.79 Å². The number of hydrogen-bond donors (Lipinski definition) is 2. The second-order valence-corrected chi connectivity index (χ2v) is 7.32. The molecule has 1 heterocycles. The average molecular weight is 342 g/mol. The molecular weight excluding hydrogens is 319 g/mol. The van der Waals surface area contributed by atoms with E-state index in [0.717, 1.165) is 25.7 Å². The molecule has 2 atom stereocenters. The van der Waals surface area contributed by atoms with E-state index in [2.05, 4.69) is 10.3 Å². The molecule has 1 aromatic heterocycles. The van der Waals surface area contributed by atoms with Crippen LogP contribution in [0.5, 0.6) is 0 Å². The van der Waals surface area contributed by atoms with E-state index in [9.17, 15) is 9.18 Å². The number of aromatic nitrogens is 2. The third kappa shape index (κ3) is 3.18. The fourth-order valence-electron chi connectivity index (χ4n) is 4.44. The third-order valence-electron chi connectivity index (χ3n) is 5.78. The number of halogens is 1. The van der Waals surface area contributed by atoms with Gasteiger partial charge in [-0.1, -0.05) is 6.42 Å². The number of nitrogens with one attached hydrogen (secondary N) is 1. The summed E-state index contributed by atoms with van der Waals surface area (Å²) in [4.78, 5) is 16.6. The number of imidazole rings is 1. The summed E-state index contributed by atoms with van der Waals surface area (Å²) in [6, 6.07) is 4.98. The number of amides is 1. The van der Waals surface area contributed by atoms with Crippen molar-refractivity contribution in [3.8, 4) is 5.69 Å². The van der Waals surface area contributed by atoms with Crippen molar-refractivity contribution in [2.24, 2.45) is 23.5 Å². The molecule has 0 spiro atoms. The van der Waals surface area contributed by atoms with Crippen LogP contribution in [0.2, 0.25) is 0 Å². The first-order valence-corrected chi connectivity index (χ1v) is 8.96. The fraction of sp³-hybridized carbons (Fsp3) is 0.474. The molecule has 0 aliphatic heterocycles. The quantitative estimate of drug-likeness (QED) is 0.900. The van der Waals surface area contributed by atoms with E-state index in [1.807, 2.05) is 0 Å². The predicted molar refractivity (Wildman–Crippen MR) is 93.7 cm³/mol. The van der Waals surface area contributed by atoms with Gasteiger partial charge in [0.25, 0.3) is 0 Å². The van der Waals surface area contributed by atoms with Gasteiger partial charge in [-0.25, -0.2) is 9.37 Å². The Morgan fingerprint density at radius 3 is 2.68 bits per heavy atom. The van der Waals surface area contributed by atoms with Gasteiger partial charge in [0.1, 0.15) is 5.82 Å². The second kappa shape index (κ2) is 6.59. The molecule has 2 aliphatic carbocycles. The summed E-state index contributed by atoms with van der Waals surface area (Å²) < 4.78 is 15.9. The molecule has 5 nitrogen and oxygen atoms in total. The lowest BCUT2D eigenvalue weighted by Gasteiger charge is -2.43. The second-order valence-electron chi connectivity index (χ2n) is 7.32. The number of rotatable bonds is 3. The number of benzene rings is 1. The van der Waals surface area contributed by atoms with Crippen molar-refractivity contribution in [3.05, 3.63) is 42.7 Å². The van der Waals surface area contributed by atoms with E-state index in [0.29, 0.717) is 23.2 Å². The lowest BCUT2D eigenvalue weighted by Crippen LogP contribution is -2.48. The standard InChI is InChI=1S/C19H23FN4O/c20-16-10-15(4-5-17(16)24-7-6-22-11-24)23-19(25)14-8-12-2-1-3-13(9-14)18(12)21/h4-7,10-14,18H,1-3,8-9,21H2,(H,23,25). The summed E-state index contributed by atoms with van der Waals surface area (Å²) in [5, 5.41) is 2.88. The van der Waals surface area contributed by atoms with Gasteiger partial charge in [0.2, 0.25) is 5.91 Å². The minimum atomic E-state index is -0.390. The zero-order valence-corrected chi connectivity index (χ0v) is 14.1. The van der Waals surface area contributed by atoms with Gasteiger partial charge in [-0.3, -0.25) is 4.79 Å².